The van der Waals surface area contributed by atoms with Crippen LogP contribution in [0.1, 0.15) is 71.1 Å². The van der Waals surface area contributed by atoms with Gasteiger partial charge in [0.25, 0.3) is 5.69 Å². The Morgan fingerprint density at radius 2 is 1.59 bits per heavy atom. The molecule has 5 nitrogen and oxygen atoms in total. The Morgan fingerprint density at radius 3 is 2.24 bits per heavy atom. The third-order valence-corrected chi connectivity index (χ3v) is 8.26. The first-order valence-corrected chi connectivity index (χ1v) is 11.8. The number of anilines is 1. The fraction of sp³-hybridized carbons (Fsp3) is 0.750. The first-order chi connectivity index (χ1) is 14.1. The van der Waals surface area contributed by atoms with Gasteiger partial charge in [-0.2, -0.15) is 0 Å². The summed E-state index contributed by atoms with van der Waals surface area (Å²) in [6.07, 6.45) is 13.4. The van der Waals surface area contributed by atoms with Crippen LogP contribution in [0.4, 0.5) is 11.4 Å². The highest BCUT2D eigenvalue weighted by molar-refractivity contribution is 5.61. The summed E-state index contributed by atoms with van der Waals surface area (Å²) in [5.41, 5.74) is 0.893. The van der Waals surface area contributed by atoms with Crippen molar-refractivity contribution in [3.8, 4) is 0 Å². The highest BCUT2D eigenvalue weighted by Crippen LogP contribution is 2.47. The number of benzene rings is 1. The lowest BCUT2D eigenvalue weighted by atomic mass is 9.65. The molecule has 0 aromatic heterocycles. The van der Waals surface area contributed by atoms with Crippen LogP contribution < -0.4 is 5.32 Å². The number of piperidine rings is 2. The van der Waals surface area contributed by atoms with Crippen molar-refractivity contribution in [1.29, 1.82) is 0 Å². The highest BCUT2D eigenvalue weighted by atomic mass is 16.6. The van der Waals surface area contributed by atoms with Gasteiger partial charge < -0.3 is 5.32 Å². The second-order valence-electron chi connectivity index (χ2n) is 10.4. The molecule has 2 saturated heterocycles. The third kappa shape index (κ3) is 3.90. The zero-order valence-corrected chi connectivity index (χ0v) is 17.6. The van der Waals surface area contributed by atoms with E-state index in [0.717, 1.165) is 36.6 Å². The van der Waals surface area contributed by atoms with Gasteiger partial charge in [0.05, 0.1) is 4.92 Å². The Kier molecular flexibility index (Phi) is 5.27. The van der Waals surface area contributed by atoms with E-state index >= 15 is 0 Å². The lowest BCUT2D eigenvalue weighted by Gasteiger charge is -2.55. The molecular formula is C24H35N3O2. The number of nitrogens with one attached hydrogen (secondary N) is 1. The Morgan fingerprint density at radius 1 is 0.931 bits per heavy atom. The van der Waals surface area contributed by atoms with Gasteiger partial charge >= 0.3 is 0 Å². The lowest BCUT2D eigenvalue weighted by molar-refractivity contribution is -0.384. The minimum atomic E-state index is -0.264. The van der Waals surface area contributed by atoms with E-state index < -0.39 is 0 Å². The molecule has 2 heterocycles. The summed E-state index contributed by atoms with van der Waals surface area (Å²) in [5.74, 6) is 2.83. The SMILES string of the molecule is CC1C[C@@H]2CC(N3[C@@H]4CCC[C@H]3CC(Nc3ccccc3[N+](=O)[O-])C4)C[C@H](C1)C2. The van der Waals surface area contributed by atoms with E-state index in [0.29, 0.717) is 23.8 Å². The van der Waals surface area contributed by atoms with Crippen LogP contribution in [0.3, 0.4) is 0 Å². The smallest absolute Gasteiger partial charge is 0.292 e. The van der Waals surface area contributed by atoms with Crippen LogP contribution in [-0.4, -0.2) is 34.0 Å². The number of nitro benzene ring substituents is 1. The Labute approximate surface area is 174 Å². The van der Waals surface area contributed by atoms with Crippen molar-refractivity contribution in [3.63, 3.8) is 0 Å². The zero-order valence-electron chi connectivity index (χ0n) is 17.6. The van der Waals surface area contributed by atoms with Crippen LogP contribution in [-0.2, 0) is 0 Å². The molecule has 2 aliphatic carbocycles. The van der Waals surface area contributed by atoms with Gasteiger partial charge in [-0.05, 0) is 81.6 Å². The molecule has 4 bridgehead atoms. The molecule has 3 unspecified atom stereocenters. The predicted molar refractivity (Wildman–Crippen MR) is 116 cm³/mol. The van der Waals surface area contributed by atoms with Gasteiger partial charge in [0, 0.05) is 30.2 Å². The van der Waals surface area contributed by atoms with Gasteiger partial charge in [-0.15, -0.1) is 0 Å². The maximum Gasteiger partial charge on any atom is 0.292 e. The van der Waals surface area contributed by atoms with Crippen molar-refractivity contribution in [3.05, 3.63) is 34.4 Å². The highest BCUT2D eigenvalue weighted by Gasteiger charge is 2.45. The molecule has 4 aliphatic rings. The first-order valence-electron chi connectivity index (χ1n) is 11.8. The Balaban J connectivity index is 1.29. The minimum Gasteiger partial charge on any atom is -0.377 e. The first kappa shape index (κ1) is 19.3. The van der Waals surface area contributed by atoms with Crippen molar-refractivity contribution >= 4 is 11.4 Å². The van der Waals surface area contributed by atoms with Crippen LogP contribution in [0.25, 0.3) is 0 Å². The standard InChI is InChI=1S/C24H35N3O2/c1-16-9-17-11-18(10-16)13-22(12-17)26-20-5-4-6-21(26)15-19(14-20)25-23-7-2-3-8-24(23)27(28)29/h2-3,7-8,16-22,25H,4-6,9-15H2,1H3/t16?,17-,18+,19?,20-,21+,22?. The summed E-state index contributed by atoms with van der Waals surface area (Å²) >= 11 is 0. The molecule has 158 valence electrons. The average molecular weight is 398 g/mol. The van der Waals surface area contributed by atoms with E-state index in [1.165, 1.54) is 51.4 Å². The van der Waals surface area contributed by atoms with Crippen LogP contribution >= 0.6 is 0 Å². The van der Waals surface area contributed by atoms with Crippen molar-refractivity contribution in [1.82, 2.24) is 4.90 Å². The molecule has 5 rings (SSSR count). The fourth-order valence-corrected chi connectivity index (χ4v) is 7.50. The molecule has 0 amide bonds. The number of para-hydroxylation sites is 2. The van der Waals surface area contributed by atoms with Gasteiger partial charge in [-0.25, -0.2) is 0 Å². The quantitative estimate of drug-likeness (QED) is 0.530. The van der Waals surface area contributed by atoms with Crippen molar-refractivity contribution in [2.75, 3.05) is 5.32 Å². The molecule has 0 radical (unpaired) electrons. The second kappa shape index (κ2) is 7.90. The van der Waals surface area contributed by atoms with Crippen LogP contribution in [0.2, 0.25) is 0 Å². The number of nitro groups is 1. The molecule has 0 spiro atoms. The molecule has 2 aliphatic heterocycles. The molecular weight excluding hydrogens is 362 g/mol. The largest absolute Gasteiger partial charge is 0.377 e. The molecule has 5 heteroatoms. The number of rotatable bonds is 4. The normalized spacial score (nSPS) is 39.7. The lowest BCUT2D eigenvalue weighted by Crippen LogP contribution is -2.60. The molecule has 1 aromatic carbocycles. The van der Waals surface area contributed by atoms with Gasteiger partial charge in [0.1, 0.15) is 5.69 Å². The van der Waals surface area contributed by atoms with Crippen LogP contribution in [0.5, 0.6) is 0 Å². The van der Waals surface area contributed by atoms with E-state index in [9.17, 15) is 10.1 Å². The van der Waals surface area contributed by atoms with Gasteiger partial charge in [0.2, 0.25) is 0 Å². The van der Waals surface area contributed by atoms with Crippen LogP contribution in [0, 0.1) is 27.9 Å². The maximum absolute atomic E-state index is 11.4. The monoisotopic (exact) mass is 397 g/mol. The third-order valence-electron chi connectivity index (χ3n) is 8.26. The van der Waals surface area contributed by atoms with Gasteiger partial charge in [-0.1, -0.05) is 25.5 Å². The van der Waals surface area contributed by atoms with Crippen molar-refractivity contribution in [2.24, 2.45) is 17.8 Å². The summed E-state index contributed by atoms with van der Waals surface area (Å²) < 4.78 is 0. The summed E-state index contributed by atoms with van der Waals surface area (Å²) in [6, 6.07) is 9.57. The number of nitrogens with zero attached hydrogens (tertiary/aromatic N) is 2. The van der Waals surface area contributed by atoms with Crippen molar-refractivity contribution < 1.29 is 4.92 Å². The number of fused-ring (bicyclic) bond motifs is 4. The van der Waals surface area contributed by atoms with E-state index in [1.807, 2.05) is 12.1 Å². The van der Waals surface area contributed by atoms with Crippen LogP contribution in [0.15, 0.2) is 24.3 Å². The molecule has 2 saturated carbocycles. The Bertz CT molecular complexity index is 721. The molecule has 7 atom stereocenters. The summed E-state index contributed by atoms with van der Waals surface area (Å²) in [7, 11) is 0. The summed E-state index contributed by atoms with van der Waals surface area (Å²) in [4.78, 5) is 14.1. The topological polar surface area (TPSA) is 58.4 Å². The second-order valence-corrected chi connectivity index (χ2v) is 10.4. The average Bonchev–Trinajstić information content (AvgIpc) is 2.66. The van der Waals surface area contributed by atoms with Crippen molar-refractivity contribution in [2.45, 2.75) is 95.3 Å². The number of hydrogen-bond donors (Lipinski definition) is 1. The van der Waals surface area contributed by atoms with E-state index in [1.54, 1.807) is 12.1 Å². The van der Waals surface area contributed by atoms with E-state index in [-0.39, 0.29) is 10.6 Å². The molecule has 1 aromatic rings. The van der Waals surface area contributed by atoms with Gasteiger partial charge in [0.15, 0.2) is 0 Å². The Hall–Kier alpha value is -1.62. The molecule has 4 fully saturated rings. The minimum absolute atomic E-state index is 0.203. The zero-order chi connectivity index (χ0) is 20.0. The molecule has 29 heavy (non-hydrogen) atoms. The van der Waals surface area contributed by atoms with E-state index in [4.69, 9.17) is 0 Å². The number of hydrogen-bond acceptors (Lipinski definition) is 4. The fourth-order valence-electron chi connectivity index (χ4n) is 7.50. The summed E-state index contributed by atoms with van der Waals surface area (Å²) in [6.45, 7) is 2.45. The van der Waals surface area contributed by atoms with Gasteiger partial charge in [-0.3, -0.25) is 15.0 Å². The predicted octanol–water partition coefficient (Wildman–Crippen LogP) is 5.61. The van der Waals surface area contributed by atoms with E-state index in [2.05, 4.69) is 17.1 Å². The summed E-state index contributed by atoms with van der Waals surface area (Å²) in [5, 5.41) is 15.0. The molecule has 1 N–H and O–H groups in total. The maximum atomic E-state index is 11.4.